The maximum Gasteiger partial charge on any atom is 0.251 e. The molecule has 7 heteroatoms. The van der Waals surface area contributed by atoms with Gasteiger partial charge in [0.15, 0.2) is 0 Å². The van der Waals surface area contributed by atoms with Crippen LogP contribution in [0.15, 0.2) is 30.6 Å². The number of aromatic nitrogens is 3. The molecular weight excluding hydrogens is 270 g/mol. The molecule has 0 saturated carbocycles. The number of nitrogens with one attached hydrogen (secondary N) is 2. The molecule has 2 heterocycles. The van der Waals surface area contributed by atoms with Gasteiger partial charge in [-0.25, -0.2) is 0 Å². The zero-order valence-electron chi connectivity index (χ0n) is 11.4. The highest BCUT2D eigenvalue weighted by Gasteiger charge is 2.18. The van der Waals surface area contributed by atoms with Crippen molar-refractivity contribution in [1.82, 2.24) is 20.3 Å². The Labute approximate surface area is 121 Å². The number of carbonyl (C=O) groups is 2. The number of fused-ring (bicyclic) bond motifs is 1. The quantitative estimate of drug-likeness (QED) is 0.787. The van der Waals surface area contributed by atoms with Gasteiger partial charge in [0.1, 0.15) is 0 Å². The molecule has 0 atom stereocenters. The molecule has 0 fully saturated rings. The van der Waals surface area contributed by atoms with E-state index >= 15 is 0 Å². The molecule has 1 aromatic carbocycles. The van der Waals surface area contributed by atoms with Crippen molar-refractivity contribution in [1.29, 1.82) is 0 Å². The summed E-state index contributed by atoms with van der Waals surface area (Å²) in [5.41, 5.74) is 2.22. The minimum Gasteiger partial charge on any atom is -0.352 e. The van der Waals surface area contributed by atoms with Gasteiger partial charge in [0.05, 0.1) is 12.6 Å². The molecule has 7 nitrogen and oxygen atoms in total. The van der Waals surface area contributed by atoms with Gasteiger partial charge < -0.3 is 10.6 Å². The topological polar surface area (TPSA) is 88.9 Å². The molecule has 0 aliphatic carbocycles. The summed E-state index contributed by atoms with van der Waals surface area (Å²) in [7, 11) is 0. The number of carbonyl (C=O) groups excluding carboxylic acids is 2. The van der Waals surface area contributed by atoms with Gasteiger partial charge in [-0.2, -0.15) is 0 Å². The van der Waals surface area contributed by atoms with Crippen molar-refractivity contribution in [3.8, 4) is 0 Å². The normalized spacial score (nSPS) is 12.9. The zero-order valence-corrected chi connectivity index (χ0v) is 11.4. The molecule has 3 rings (SSSR count). The zero-order chi connectivity index (χ0) is 14.7. The lowest BCUT2D eigenvalue weighted by Crippen LogP contribution is -2.25. The lowest BCUT2D eigenvalue weighted by atomic mass is 10.1. The van der Waals surface area contributed by atoms with Crippen LogP contribution in [0.25, 0.3) is 0 Å². The molecule has 0 bridgehead atoms. The highest BCUT2D eigenvalue weighted by molar-refractivity contribution is 6.02. The second kappa shape index (κ2) is 5.74. The van der Waals surface area contributed by atoms with E-state index in [4.69, 9.17) is 0 Å². The Balaban J connectivity index is 1.51. The van der Waals surface area contributed by atoms with Crippen LogP contribution in [0.3, 0.4) is 0 Å². The van der Waals surface area contributed by atoms with E-state index in [0.717, 1.165) is 17.7 Å². The summed E-state index contributed by atoms with van der Waals surface area (Å²) < 4.78 is 1.72. The van der Waals surface area contributed by atoms with Crippen molar-refractivity contribution in [3.63, 3.8) is 0 Å². The summed E-state index contributed by atoms with van der Waals surface area (Å²) >= 11 is 0. The minimum absolute atomic E-state index is 0.0320. The standard InChI is InChI=1S/C14H15N5O2/c20-13-9-10-2-3-11(8-12(10)17-13)14(21)15-4-1-6-19-7-5-16-18-19/h2-3,5,7-8H,1,4,6,9H2,(H,15,21)(H,17,20). The first kappa shape index (κ1) is 13.3. The smallest absolute Gasteiger partial charge is 0.251 e. The van der Waals surface area contributed by atoms with E-state index in [1.54, 1.807) is 29.2 Å². The molecule has 0 radical (unpaired) electrons. The molecule has 1 aromatic heterocycles. The average molecular weight is 285 g/mol. The Morgan fingerprint density at radius 2 is 2.33 bits per heavy atom. The van der Waals surface area contributed by atoms with Crippen molar-refractivity contribution in [3.05, 3.63) is 41.7 Å². The lowest BCUT2D eigenvalue weighted by molar-refractivity contribution is -0.115. The van der Waals surface area contributed by atoms with Crippen LogP contribution in [0.4, 0.5) is 5.69 Å². The molecule has 0 spiro atoms. The van der Waals surface area contributed by atoms with Crippen LogP contribution in [0.5, 0.6) is 0 Å². The van der Waals surface area contributed by atoms with E-state index in [1.807, 2.05) is 6.07 Å². The van der Waals surface area contributed by atoms with E-state index in [9.17, 15) is 9.59 Å². The largest absolute Gasteiger partial charge is 0.352 e. The molecule has 0 saturated heterocycles. The Morgan fingerprint density at radius 3 is 3.14 bits per heavy atom. The maximum absolute atomic E-state index is 12.0. The summed E-state index contributed by atoms with van der Waals surface area (Å²) in [6.45, 7) is 1.27. The van der Waals surface area contributed by atoms with E-state index in [-0.39, 0.29) is 11.8 Å². The Hall–Kier alpha value is -2.70. The fourth-order valence-corrected chi connectivity index (χ4v) is 2.25. The number of anilines is 1. The van der Waals surface area contributed by atoms with Crippen LogP contribution in [0.1, 0.15) is 22.3 Å². The van der Waals surface area contributed by atoms with Gasteiger partial charge in [-0.3, -0.25) is 14.3 Å². The van der Waals surface area contributed by atoms with Gasteiger partial charge in [0.25, 0.3) is 5.91 Å². The van der Waals surface area contributed by atoms with Crippen LogP contribution >= 0.6 is 0 Å². The average Bonchev–Trinajstić information content (AvgIpc) is 3.10. The number of aryl methyl sites for hydroxylation is 1. The molecule has 1 aliphatic heterocycles. The number of hydrogen-bond donors (Lipinski definition) is 2. The Morgan fingerprint density at radius 1 is 1.43 bits per heavy atom. The molecule has 2 N–H and O–H groups in total. The Bertz CT molecular complexity index is 666. The first-order valence-corrected chi connectivity index (χ1v) is 6.77. The van der Waals surface area contributed by atoms with Crippen molar-refractivity contribution in [2.45, 2.75) is 19.4 Å². The third-order valence-corrected chi connectivity index (χ3v) is 3.32. The van der Waals surface area contributed by atoms with E-state index in [2.05, 4.69) is 20.9 Å². The number of benzene rings is 1. The third-order valence-electron chi connectivity index (χ3n) is 3.32. The van der Waals surface area contributed by atoms with E-state index in [0.29, 0.717) is 25.1 Å². The molecule has 21 heavy (non-hydrogen) atoms. The number of amides is 2. The summed E-state index contributed by atoms with van der Waals surface area (Å²) in [6, 6.07) is 5.27. The predicted molar refractivity (Wildman–Crippen MR) is 75.7 cm³/mol. The second-order valence-corrected chi connectivity index (χ2v) is 4.87. The van der Waals surface area contributed by atoms with Crippen molar-refractivity contribution in [2.75, 3.05) is 11.9 Å². The third kappa shape index (κ3) is 3.07. The van der Waals surface area contributed by atoms with Gasteiger partial charge in [0, 0.05) is 30.5 Å². The van der Waals surface area contributed by atoms with Gasteiger partial charge in [-0.1, -0.05) is 11.3 Å². The van der Waals surface area contributed by atoms with Gasteiger partial charge >= 0.3 is 0 Å². The van der Waals surface area contributed by atoms with Gasteiger partial charge in [-0.15, -0.1) is 5.10 Å². The van der Waals surface area contributed by atoms with E-state index < -0.39 is 0 Å². The minimum atomic E-state index is -0.141. The fraction of sp³-hybridized carbons (Fsp3) is 0.286. The molecule has 0 unspecified atom stereocenters. The summed E-state index contributed by atoms with van der Waals surface area (Å²) in [5, 5.41) is 13.2. The second-order valence-electron chi connectivity index (χ2n) is 4.87. The molecule has 2 amide bonds. The van der Waals surface area contributed by atoms with Crippen molar-refractivity contribution < 1.29 is 9.59 Å². The summed E-state index contributed by atoms with van der Waals surface area (Å²) in [4.78, 5) is 23.3. The fourth-order valence-electron chi connectivity index (χ4n) is 2.25. The molecule has 2 aromatic rings. The lowest BCUT2D eigenvalue weighted by Gasteiger charge is -2.07. The molecule has 1 aliphatic rings. The van der Waals surface area contributed by atoms with Crippen LogP contribution in [0.2, 0.25) is 0 Å². The van der Waals surface area contributed by atoms with Crippen LogP contribution < -0.4 is 10.6 Å². The first-order chi connectivity index (χ1) is 10.2. The van der Waals surface area contributed by atoms with Crippen LogP contribution in [-0.2, 0) is 17.8 Å². The Kier molecular flexibility index (Phi) is 3.63. The van der Waals surface area contributed by atoms with Crippen molar-refractivity contribution >= 4 is 17.5 Å². The first-order valence-electron chi connectivity index (χ1n) is 6.77. The van der Waals surface area contributed by atoms with Gasteiger partial charge in [0.2, 0.25) is 5.91 Å². The van der Waals surface area contributed by atoms with Gasteiger partial charge in [-0.05, 0) is 24.1 Å². The monoisotopic (exact) mass is 285 g/mol. The maximum atomic E-state index is 12.0. The summed E-state index contributed by atoms with van der Waals surface area (Å²) in [5.74, 6) is -0.173. The van der Waals surface area contributed by atoms with E-state index in [1.165, 1.54) is 0 Å². The SMILES string of the molecule is O=C1Cc2ccc(C(=O)NCCCn3ccnn3)cc2N1. The number of nitrogens with zero attached hydrogens (tertiary/aromatic N) is 3. The van der Waals surface area contributed by atoms with Crippen LogP contribution in [-0.4, -0.2) is 33.4 Å². The predicted octanol–water partition coefficient (Wildman–Crippen LogP) is 0.593. The number of rotatable bonds is 5. The number of hydrogen-bond acceptors (Lipinski definition) is 4. The molecular formula is C14H15N5O2. The van der Waals surface area contributed by atoms with Crippen molar-refractivity contribution in [2.24, 2.45) is 0 Å². The van der Waals surface area contributed by atoms with Crippen LogP contribution in [0, 0.1) is 0 Å². The molecule has 108 valence electrons. The summed E-state index contributed by atoms with van der Waals surface area (Å²) in [6.07, 6.45) is 4.56. The highest BCUT2D eigenvalue weighted by Crippen LogP contribution is 2.23. The highest BCUT2D eigenvalue weighted by atomic mass is 16.2.